The molecule has 1 aromatic heterocycles. The number of nitrogens with zero attached hydrogens (tertiary/aromatic N) is 2. The maximum Gasteiger partial charge on any atom is 0.416 e. The van der Waals surface area contributed by atoms with Gasteiger partial charge in [0.2, 0.25) is 0 Å². The molecule has 24 heavy (non-hydrogen) atoms. The van der Waals surface area contributed by atoms with Gasteiger partial charge in [-0.05, 0) is 23.8 Å². The Hall–Kier alpha value is -2.27. The van der Waals surface area contributed by atoms with Crippen LogP contribution in [0.3, 0.4) is 0 Å². The second-order valence-corrected chi connectivity index (χ2v) is 5.97. The molecule has 0 fully saturated rings. The summed E-state index contributed by atoms with van der Waals surface area (Å²) in [4.78, 5) is 4.53. The Morgan fingerprint density at radius 3 is 2.54 bits per heavy atom. The predicted octanol–water partition coefficient (Wildman–Crippen LogP) is 5.35. The minimum Gasteiger partial charge on any atom is -0.337 e. The van der Waals surface area contributed by atoms with E-state index in [1.54, 1.807) is 18.2 Å². The molecular formula is C18H14ClF3N2. The second kappa shape index (κ2) is 6.32. The van der Waals surface area contributed by atoms with E-state index in [-0.39, 0.29) is 0 Å². The van der Waals surface area contributed by atoms with Crippen LogP contribution < -0.4 is 0 Å². The van der Waals surface area contributed by atoms with Crippen molar-refractivity contribution in [2.45, 2.75) is 12.6 Å². The number of hydrogen-bond acceptors (Lipinski definition) is 1. The monoisotopic (exact) mass is 350 g/mol. The Balaban J connectivity index is 1.89. The lowest BCUT2D eigenvalue weighted by molar-refractivity contribution is -0.137. The van der Waals surface area contributed by atoms with Crippen molar-refractivity contribution in [3.63, 3.8) is 0 Å². The van der Waals surface area contributed by atoms with Crippen molar-refractivity contribution in [3.05, 3.63) is 76.7 Å². The molecule has 2 aromatic carbocycles. The van der Waals surface area contributed by atoms with Crippen LogP contribution in [0.25, 0.3) is 11.3 Å². The summed E-state index contributed by atoms with van der Waals surface area (Å²) >= 11 is 5.99. The molecule has 3 aromatic rings. The largest absolute Gasteiger partial charge is 0.416 e. The van der Waals surface area contributed by atoms with Crippen LogP contribution in [0.4, 0.5) is 13.2 Å². The summed E-state index contributed by atoms with van der Waals surface area (Å²) in [5.41, 5.74) is 1.52. The Kier molecular flexibility index (Phi) is 4.37. The number of imidazole rings is 1. The quantitative estimate of drug-likeness (QED) is 0.622. The number of hydrogen-bond donors (Lipinski definition) is 0. The maximum absolute atomic E-state index is 12.8. The van der Waals surface area contributed by atoms with E-state index >= 15 is 0 Å². The Bertz CT molecular complexity index is 869. The Morgan fingerprint density at radius 1 is 1.08 bits per heavy atom. The molecule has 1 heterocycles. The van der Waals surface area contributed by atoms with E-state index in [2.05, 4.69) is 4.98 Å². The van der Waals surface area contributed by atoms with E-state index in [0.29, 0.717) is 22.8 Å². The molecule has 3 rings (SSSR count). The first-order valence-electron chi connectivity index (χ1n) is 7.27. The highest BCUT2D eigenvalue weighted by molar-refractivity contribution is 6.30. The third kappa shape index (κ3) is 3.62. The fourth-order valence-electron chi connectivity index (χ4n) is 2.50. The first-order chi connectivity index (χ1) is 11.3. The maximum atomic E-state index is 12.8. The zero-order valence-electron chi connectivity index (χ0n) is 12.8. The molecule has 0 spiro atoms. The average molecular weight is 351 g/mol. The molecule has 124 valence electrons. The number of alkyl halides is 3. The first kappa shape index (κ1) is 16.6. The normalized spacial score (nSPS) is 11.7. The Labute approximate surface area is 142 Å². The zero-order valence-corrected chi connectivity index (χ0v) is 13.6. The SMILES string of the molecule is Cn1cc(-c2cccc(Cl)c2)nc1Cc1cccc(C(F)(F)F)c1. The fraction of sp³-hybridized carbons (Fsp3) is 0.167. The summed E-state index contributed by atoms with van der Waals surface area (Å²) < 4.78 is 40.3. The average Bonchev–Trinajstić information content (AvgIpc) is 2.88. The van der Waals surface area contributed by atoms with Gasteiger partial charge < -0.3 is 4.57 Å². The number of benzene rings is 2. The smallest absolute Gasteiger partial charge is 0.337 e. The highest BCUT2D eigenvalue weighted by Gasteiger charge is 2.30. The van der Waals surface area contributed by atoms with Crippen LogP contribution in [0, 0.1) is 0 Å². The van der Waals surface area contributed by atoms with Crippen LogP contribution in [0.2, 0.25) is 5.02 Å². The molecule has 6 heteroatoms. The van der Waals surface area contributed by atoms with Gasteiger partial charge in [-0.1, -0.05) is 41.9 Å². The van der Waals surface area contributed by atoms with Crippen LogP contribution >= 0.6 is 11.6 Å². The summed E-state index contributed by atoms with van der Waals surface area (Å²) in [6, 6.07) is 12.6. The molecule has 0 aliphatic heterocycles. The van der Waals surface area contributed by atoms with Crippen molar-refractivity contribution in [1.82, 2.24) is 9.55 Å². The lowest BCUT2D eigenvalue weighted by Gasteiger charge is -2.08. The van der Waals surface area contributed by atoms with E-state index < -0.39 is 11.7 Å². The standard InChI is InChI=1S/C18H14ClF3N2/c1-24-11-16(13-5-3-7-15(19)10-13)23-17(24)9-12-4-2-6-14(8-12)18(20,21)22/h2-8,10-11H,9H2,1H3. The van der Waals surface area contributed by atoms with Gasteiger partial charge in [0.1, 0.15) is 5.82 Å². The second-order valence-electron chi connectivity index (χ2n) is 5.54. The minimum atomic E-state index is -4.34. The highest BCUT2D eigenvalue weighted by atomic mass is 35.5. The summed E-state index contributed by atoms with van der Waals surface area (Å²) in [6.07, 6.45) is -2.18. The molecular weight excluding hydrogens is 337 g/mol. The van der Waals surface area contributed by atoms with Crippen molar-refractivity contribution in [3.8, 4) is 11.3 Å². The van der Waals surface area contributed by atoms with E-state index in [1.165, 1.54) is 6.07 Å². The molecule has 0 saturated heterocycles. The molecule has 0 N–H and O–H groups in total. The highest BCUT2D eigenvalue weighted by Crippen LogP contribution is 2.30. The van der Waals surface area contributed by atoms with Gasteiger partial charge in [0, 0.05) is 30.3 Å². The molecule has 0 unspecified atom stereocenters. The molecule has 0 atom stereocenters. The van der Waals surface area contributed by atoms with Crippen LogP contribution in [0.5, 0.6) is 0 Å². The third-order valence-corrected chi connectivity index (χ3v) is 3.94. The zero-order chi connectivity index (χ0) is 17.3. The van der Waals surface area contributed by atoms with Crippen LogP contribution in [0.1, 0.15) is 17.0 Å². The molecule has 0 radical (unpaired) electrons. The van der Waals surface area contributed by atoms with E-state index in [1.807, 2.05) is 29.9 Å². The summed E-state index contributed by atoms with van der Waals surface area (Å²) in [5, 5.41) is 0.609. The molecule has 0 bridgehead atoms. The van der Waals surface area contributed by atoms with Crippen molar-refractivity contribution in [2.24, 2.45) is 7.05 Å². The number of rotatable bonds is 3. The molecule has 0 aliphatic rings. The van der Waals surface area contributed by atoms with Gasteiger partial charge in [0.25, 0.3) is 0 Å². The summed E-state index contributed by atoms with van der Waals surface area (Å²) in [7, 11) is 1.82. The van der Waals surface area contributed by atoms with Crippen molar-refractivity contribution in [2.75, 3.05) is 0 Å². The lowest BCUT2D eigenvalue weighted by atomic mass is 10.1. The van der Waals surface area contributed by atoms with Crippen LogP contribution in [-0.2, 0) is 19.6 Å². The lowest BCUT2D eigenvalue weighted by Crippen LogP contribution is -2.06. The van der Waals surface area contributed by atoms with Gasteiger partial charge in [0.05, 0.1) is 11.3 Å². The van der Waals surface area contributed by atoms with Crippen molar-refractivity contribution >= 4 is 11.6 Å². The van der Waals surface area contributed by atoms with E-state index in [4.69, 9.17) is 11.6 Å². The van der Waals surface area contributed by atoms with Crippen LogP contribution in [0.15, 0.2) is 54.7 Å². The minimum absolute atomic E-state index is 0.320. The van der Waals surface area contributed by atoms with Gasteiger partial charge in [-0.3, -0.25) is 0 Å². The van der Waals surface area contributed by atoms with E-state index in [0.717, 1.165) is 23.4 Å². The van der Waals surface area contributed by atoms with Gasteiger partial charge in [0.15, 0.2) is 0 Å². The molecule has 0 saturated carbocycles. The third-order valence-electron chi connectivity index (χ3n) is 3.71. The van der Waals surface area contributed by atoms with Crippen molar-refractivity contribution in [1.29, 1.82) is 0 Å². The molecule has 0 amide bonds. The first-order valence-corrected chi connectivity index (χ1v) is 7.65. The van der Waals surface area contributed by atoms with Crippen molar-refractivity contribution < 1.29 is 13.2 Å². The van der Waals surface area contributed by atoms with Gasteiger partial charge >= 0.3 is 6.18 Å². The predicted molar refractivity (Wildman–Crippen MR) is 87.9 cm³/mol. The van der Waals surface area contributed by atoms with Gasteiger partial charge in [-0.2, -0.15) is 13.2 Å². The Morgan fingerprint density at radius 2 is 1.83 bits per heavy atom. The fourth-order valence-corrected chi connectivity index (χ4v) is 2.69. The summed E-state index contributed by atoms with van der Waals surface area (Å²) in [5.74, 6) is 0.685. The van der Waals surface area contributed by atoms with Gasteiger partial charge in [-0.15, -0.1) is 0 Å². The number of aryl methyl sites for hydroxylation is 1. The summed E-state index contributed by atoms with van der Waals surface area (Å²) in [6.45, 7) is 0. The van der Waals surface area contributed by atoms with Crippen LogP contribution in [-0.4, -0.2) is 9.55 Å². The molecule has 0 aliphatic carbocycles. The van der Waals surface area contributed by atoms with E-state index in [9.17, 15) is 13.2 Å². The van der Waals surface area contributed by atoms with Gasteiger partial charge in [-0.25, -0.2) is 4.98 Å². The number of aromatic nitrogens is 2. The number of halogens is 4. The molecule has 2 nitrogen and oxygen atoms in total. The topological polar surface area (TPSA) is 17.8 Å².